The van der Waals surface area contributed by atoms with E-state index in [9.17, 15) is 4.79 Å². The molecule has 0 bridgehead atoms. The van der Waals surface area contributed by atoms with E-state index in [1.807, 2.05) is 6.07 Å². The van der Waals surface area contributed by atoms with E-state index in [0.29, 0.717) is 22.4 Å². The normalized spacial score (nSPS) is 11.1. The van der Waals surface area contributed by atoms with Crippen molar-refractivity contribution in [2.75, 3.05) is 12.4 Å². The Balaban J connectivity index is 1.83. The molecule has 2 aromatic carbocycles. The van der Waals surface area contributed by atoms with Crippen LogP contribution >= 0.6 is 11.6 Å². The summed E-state index contributed by atoms with van der Waals surface area (Å²) in [6.45, 7) is 4.28. The number of halogens is 1. The standard InChI is InChI=1S/C20H20ClNO3/c1-12(2)13-4-6-18-16(8-13)14(11-25-18)9-20(23)22-17-10-15(21)5-7-19(17)24-3/h4-8,10-12H,9H2,1-3H3,(H,22,23). The first-order chi connectivity index (χ1) is 12.0. The lowest BCUT2D eigenvalue weighted by atomic mass is 10.00. The van der Waals surface area contributed by atoms with Crippen LogP contribution < -0.4 is 10.1 Å². The Hall–Kier alpha value is -2.46. The molecule has 0 spiro atoms. The zero-order chi connectivity index (χ0) is 18.0. The number of carbonyl (C=O) groups excluding carboxylic acids is 1. The lowest BCUT2D eigenvalue weighted by Crippen LogP contribution is -2.14. The Labute approximate surface area is 151 Å². The van der Waals surface area contributed by atoms with Crippen LogP contribution in [0.1, 0.15) is 30.9 Å². The van der Waals surface area contributed by atoms with Crippen LogP contribution in [0, 0.1) is 0 Å². The number of nitrogens with one attached hydrogen (secondary N) is 1. The molecule has 0 aliphatic rings. The molecule has 4 nitrogen and oxygen atoms in total. The maximum Gasteiger partial charge on any atom is 0.229 e. The van der Waals surface area contributed by atoms with Crippen LogP contribution in [0.15, 0.2) is 47.1 Å². The molecular formula is C20H20ClNO3. The average Bonchev–Trinajstić information content (AvgIpc) is 2.97. The second kappa shape index (κ2) is 7.19. The lowest BCUT2D eigenvalue weighted by Gasteiger charge is -2.10. The van der Waals surface area contributed by atoms with Crippen molar-refractivity contribution < 1.29 is 13.9 Å². The molecule has 0 aliphatic heterocycles. The van der Waals surface area contributed by atoms with Crippen molar-refractivity contribution in [3.05, 3.63) is 58.8 Å². The number of furan rings is 1. The molecule has 1 aromatic heterocycles. The fraction of sp³-hybridized carbons (Fsp3) is 0.250. The smallest absolute Gasteiger partial charge is 0.229 e. The number of rotatable bonds is 5. The average molecular weight is 358 g/mol. The number of amides is 1. The number of anilines is 1. The highest BCUT2D eigenvalue weighted by atomic mass is 35.5. The van der Waals surface area contributed by atoms with Gasteiger partial charge < -0.3 is 14.5 Å². The van der Waals surface area contributed by atoms with E-state index in [1.165, 1.54) is 5.56 Å². The molecule has 1 amide bonds. The Morgan fingerprint density at radius 3 is 2.76 bits per heavy atom. The van der Waals surface area contributed by atoms with Crippen molar-refractivity contribution in [2.45, 2.75) is 26.2 Å². The molecule has 0 unspecified atom stereocenters. The topological polar surface area (TPSA) is 51.5 Å². The molecule has 1 N–H and O–H groups in total. The molecule has 0 aliphatic carbocycles. The van der Waals surface area contributed by atoms with Gasteiger partial charge in [-0.1, -0.05) is 31.5 Å². The van der Waals surface area contributed by atoms with Gasteiger partial charge in [0.1, 0.15) is 11.3 Å². The lowest BCUT2D eigenvalue weighted by molar-refractivity contribution is -0.115. The molecule has 3 aromatic rings. The number of carbonyl (C=O) groups is 1. The van der Waals surface area contributed by atoms with Gasteiger partial charge in [-0.25, -0.2) is 0 Å². The zero-order valence-electron chi connectivity index (χ0n) is 14.4. The first-order valence-electron chi connectivity index (χ1n) is 8.11. The fourth-order valence-electron chi connectivity index (χ4n) is 2.74. The summed E-state index contributed by atoms with van der Waals surface area (Å²) in [6, 6.07) is 11.2. The highest BCUT2D eigenvalue weighted by Gasteiger charge is 2.14. The summed E-state index contributed by atoms with van der Waals surface area (Å²) < 4.78 is 10.8. The molecule has 25 heavy (non-hydrogen) atoms. The summed E-state index contributed by atoms with van der Waals surface area (Å²) in [7, 11) is 1.55. The molecule has 130 valence electrons. The van der Waals surface area contributed by atoms with Gasteiger partial charge in [0.2, 0.25) is 5.91 Å². The fourth-order valence-corrected chi connectivity index (χ4v) is 2.91. The number of ether oxygens (including phenoxy) is 1. The molecule has 0 fully saturated rings. The largest absolute Gasteiger partial charge is 0.495 e. The van der Waals surface area contributed by atoms with E-state index in [0.717, 1.165) is 16.5 Å². The van der Waals surface area contributed by atoms with Gasteiger partial charge in [0, 0.05) is 16.0 Å². The van der Waals surface area contributed by atoms with Crippen LogP contribution in [0.2, 0.25) is 5.02 Å². The van der Waals surface area contributed by atoms with E-state index in [1.54, 1.807) is 31.6 Å². The molecule has 0 atom stereocenters. The van der Waals surface area contributed by atoms with E-state index >= 15 is 0 Å². The van der Waals surface area contributed by atoms with Crippen molar-refractivity contribution in [3.8, 4) is 5.75 Å². The third-order valence-corrected chi connectivity index (χ3v) is 4.37. The highest BCUT2D eigenvalue weighted by Crippen LogP contribution is 2.29. The van der Waals surface area contributed by atoms with Crippen molar-refractivity contribution in [3.63, 3.8) is 0 Å². The van der Waals surface area contributed by atoms with Gasteiger partial charge in [0.15, 0.2) is 0 Å². The van der Waals surface area contributed by atoms with E-state index in [-0.39, 0.29) is 12.3 Å². The van der Waals surface area contributed by atoms with Crippen molar-refractivity contribution in [1.82, 2.24) is 0 Å². The van der Waals surface area contributed by atoms with Crippen LogP contribution in [-0.4, -0.2) is 13.0 Å². The summed E-state index contributed by atoms with van der Waals surface area (Å²) in [4.78, 5) is 12.5. The second-order valence-electron chi connectivity index (χ2n) is 6.24. The third kappa shape index (κ3) is 3.80. The van der Waals surface area contributed by atoms with Crippen molar-refractivity contribution in [1.29, 1.82) is 0 Å². The summed E-state index contributed by atoms with van der Waals surface area (Å²) in [6.07, 6.45) is 1.85. The highest BCUT2D eigenvalue weighted by molar-refractivity contribution is 6.31. The molecule has 3 rings (SSSR count). The summed E-state index contributed by atoms with van der Waals surface area (Å²) in [5.74, 6) is 0.826. The van der Waals surface area contributed by atoms with Gasteiger partial charge in [-0.15, -0.1) is 0 Å². The maximum atomic E-state index is 12.5. The van der Waals surface area contributed by atoms with Gasteiger partial charge in [-0.2, -0.15) is 0 Å². The van der Waals surface area contributed by atoms with Gasteiger partial charge in [0.25, 0.3) is 0 Å². The van der Waals surface area contributed by atoms with E-state index < -0.39 is 0 Å². The first-order valence-corrected chi connectivity index (χ1v) is 8.49. The van der Waals surface area contributed by atoms with E-state index in [2.05, 4.69) is 31.3 Å². The van der Waals surface area contributed by atoms with Gasteiger partial charge >= 0.3 is 0 Å². The van der Waals surface area contributed by atoms with Crippen LogP contribution in [0.25, 0.3) is 11.0 Å². The number of hydrogen-bond donors (Lipinski definition) is 1. The van der Waals surface area contributed by atoms with Crippen LogP contribution in [0.3, 0.4) is 0 Å². The van der Waals surface area contributed by atoms with E-state index in [4.69, 9.17) is 20.8 Å². The van der Waals surface area contributed by atoms with Crippen LogP contribution in [-0.2, 0) is 11.2 Å². The first kappa shape index (κ1) is 17.4. The molecule has 5 heteroatoms. The van der Waals surface area contributed by atoms with Crippen LogP contribution in [0.4, 0.5) is 5.69 Å². The Kier molecular flexibility index (Phi) is 5.00. The predicted octanol–water partition coefficient (Wildman–Crippen LogP) is 5.40. The number of hydrogen-bond acceptors (Lipinski definition) is 3. The Bertz CT molecular complexity index is 914. The zero-order valence-corrected chi connectivity index (χ0v) is 15.2. The monoisotopic (exact) mass is 357 g/mol. The van der Waals surface area contributed by atoms with Gasteiger partial charge in [-0.3, -0.25) is 4.79 Å². The molecule has 0 saturated carbocycles. The van der Waals surface area contributed by atoms with Crippen molar-refractivity contribution >= 4 is 34.2 Å². The summed E-state index contributed by atoms with van der Waals surface area (Å²) in [5.41, 5.74) is 3.41. The molecular weight excluding hydrogens is 338 g/mol. The van der Waals surface area contributed by atoms with Gasteiger partial charge in [0.05, 0.1) is 25.5 Å². The minimum atomic E-state index is -0.154. The van der Waals surface area contributed by atoms with Crippen molar-refractivity contribution in [2.24, 2.45) is 0 Å². The summed E-state index contributed by atoms with van der Waals surface area (Å²) >= 11 is 6.00. The molecule has 0 radical (unpaired) electrons. The summed E-state index contributed by atoms with van der Waals surface area (Å²) in [5, 5.41) is 4.36. The Morgan fingerprint density at radius 1 is 1.24 bits per heavy atom. The number of benzene rings is 2. The molecule has 1 heterocycles. The third-order valence-electron chi connectivity index (χ3n) is 4.13. The SMILES string of the molecule is COc1ccc(Cl)cc1NC(=O)Cc1coc2ccc(C(C)C)cc12. The molecule has 0 saturated heterocycles. The maximum absolute atomic E-state index is 12.5. The van der Waals surface area contributed by atoms with Crippen LogP contribution in [0.5, 0.6) is 5.75 Å². The minimum absolute atomic E-state index is 0.154. The number of methoxy groups -OCH3 is 1. The second-order valence-corrected chi connectivity index (χ2v) is 6.68. The van der Waals surface area contributed by atoms with Gasteiger partial charge in [-0.05, 0) is 41.8 Å². The minimum Gasteiger partial charge on any atom is -0.495 e. The predicted molar refractivity (Wildman–Crippen MR) is 101 cm³/mol. The number of fused-ring (bicyclic) bond motifs is 1. The Morgan fingerprint density at radius 2 is 2.04 bits per heavy atom. The quantitative estimate of drug-likeness (QED) is 0.665.